The van der Waals surface area contributed by atoms with Gasteiger partial charge in [0.25, 0.3) is 5.88 Å². The van der Waals surface area contributed by atoms with Gasteiger partial charge in [0.05, 0.1) is 23.7 Å². The van der Waals surface area contributed by atoms with E-state index in [2.05, 4.69) is 16.0 Å². The van der Waals surface area contributed by atoms with Crippen molar-refractivity contribution in [3.8, 4) is 41.0 Å². The van der Waals surface area contributed by atoms with Crippen LogP contribution in [-0.4, -0.2) is 30.6 Å². The van der Waals surface area contributed by atoms with Crippen molar-refractivity contribution in [2.45, 2.75) is 13.5 Å². The minimum Gasteiger partial charge on any atom is -0.478 e. The van der Waals surface area contributed by atoms with Crippen LogP contribution in [0.2, 0.25) is 0 Å². The minimum atomic E-state index is -1.09. The van der Waals surface area contributed by atoms with Crippen molar-refractivity contribution in [2.24, 2.45) is 0 Å². The van der Waals surface area contributed by atoms with Crippen LogP contribution in [0.1, 0.15) is 27.3 Å². The normalized spacial score (nSPS) is 10.7. The van der Waals surface area contributed by atoms with Crippen LogP contribution in [0.25, 0.3) is 11.2 Å². The maximum Gasteiger partial charge on any atom is 0.335 e. The summed E-state index contributed by atoms with van der Waals surface area (Å²) in [4.78, 5) is 25.5. The molecule has 0 saturated heterocycles. The molecule has 0 aliphatic rings. The smallest absolute Gasteiger partial charge is 0.335 e. The number of aromatic carboxylic acids is 1. The van der Waals surface area contributed by atoms with Gasteiger partial charge in [0.2, 0.25) is 0 Å². The van der Waals surface area contributed by atoms with Gasteiger partial charge in [-0.3, -0.25) is 0 Å². The van der Waals surface area contributed by atoms with E-state index in [4.69, 9.17) is 19.2 Å². The summed E-state index contributed by atoms with van der Waals surface area (Å²) in [5.74, 6) is 1.03. The zero-order valence-electron chi connectivity index (χ0n) is 22.8. The molecule has 0 radical (unpaired) electrons. The van der Waals surface area contributed by atoms with Crippen LogP contribution >= 0.6 is 0 Å². The number of ether oxygens (including phenoxy) is 3. The first-order valence-electron chi connectivity index (χ1n) is 13.2. The Labute approximate surface area is 246 Å². The molecule has 0 fully saturated rings. The number of imidazole rings is 1. The second-order valence-corrected chi connectivity index (χ2v) is 9.44. The summed E-state index contributed by atoms with van der Waals surface area (Å²) >= 11 is 0. The van der Waals surface area contributed by atoms with Crippen molar-refractivity contribution in [1.29, 1.82) is 5.26 Å². The van der Waals surface area contributed by atoms with Crippen LogP contribution < -0.4 is 14.2 Å². The predicted molar refractivity (Wildman–Crippen MR) is 157 cm³/mol. The number of hydrogen-bond acceptors (Lipinski definition) is 8. The molecule has 0 spiro atoms. The van der Waals surface area contributed by atoms with E-state index >= 15 is 0 Å². The van der Waals surface area contributed by atoms with Gasteiger partial charge in [-0.25, -0.2) is 9.78 Å². The molecule has 2 heterocycles. The highest BCUT2D eigenvalue weighted by atomic mass is 16.5. The zero-order chi connectivity index (χ0) is 29.8. The summed E-state index contributed by atoms with van der Waals surface area (Å²) in [6.07, 6.45) is 0. The summed E-state index contributed by atoms with van der Waals surface area (Å²) in [5, 5.41) is 19.0. The molecule has 0 bridgehead atoms. The maximum atomic E-state index is 11.6. The molecule has 6 rings (SSSR count). The monoisotopic (exact) mass is 569 g/mol. The van der Waals surface area contributed by atoms with E-state index in [0.29, 0.717) is 40.6 Å². The summed E-state index contributed by atoms with van der Waals surface area (Å²) in [5.41, 5.74) is 2.25. The van der Waals surface area contributed by atoms with Crippen molar-refractivity contribution in [3.05, 3.63) is 126 Å². The van der Waals surface area contributed by atoms with Crippen LogP contribution in [0.3, 0.4) is 0 Å². The Kier molecular flexibility index (Phi) is 7.36. The standard InChI is InChI=1S/C33H23N5O5/c1-21-35-29-30(38(21)20-22-9-4-2-5-10-22)36-33(37-31(29)42-26-14-8-11-24(18-26)32(39)40)43-28-17-23(19-34)15-16-27(28)41-25-12-6-3-7-13-25/h2-18H,20H2,1H3,(H,39,40). The van der Waals surface area contributed by atoms with Crippen LogP contribution in [-0.2, 0) is 6.54 Å². The summed E-state index contributed by atoms with van der Waals surface area (Å²) in [6, 6.07) is 31.9. The number of hydrogen-bond donors (Lipinski definition) is 1. The number of fused-ring (bicyclic) bond motifs is 1. The van der Waals surface area contributed by atoms with Gasteiger partial charge >= 0.3 is 12.0 Å². The third-order valence-corrected chi connectivity index (χ3v) is 6.46. The fourth-order valence-electron chi connectivity index (χ4n) is 4.40. The molecule has 0 aliphatic heterocycles. The van der Waals surface area contributed by atoms with E-state index in [0.717, 1.165) is 5.56 Å². The lowest BCUT2D eigenvalue weighted by atomic mass is 10.2. The van der Waals surface area contributed by atoms with E-state index in [1.165, 1.54) is 18.2 Å². The van der Waals surface area contributed by atoms with Crippen molar-refractivity contribution in [3.63, 3.8) is 0 Å². The lowest BCUT2D eigenvalue weighted by Crippen LogP contribution is -2.04. The lowest BCUT2D eigenvalue weighted by Gasteiger charge is -2.13. The Balaban J connectivity index is 1.46. The third kappa shape index (κ3) is 5.96. The number of carboxylic acids is 1. The Morgan fingerprint density at radius 1 is 0.814 bits per heavy atom. The first-order chi connectivity index (χ1) is 21.0. The van der Waals surface area contributed by atoms with Gasteiger partial charge in [-0.2, -0.15) is 15.2 Å². The molecule has 6 aromatic rings. The fraction of sp³-hybridized carbons (Fsp3) is 0.0606. The largest absolute Gasteiger partial charge is 0.478 e. The number of benzene rings is 4. The van der Waals surface area contributed by atoms with Crippen LogP contribution in [0.4, 0.5) is 0 Å². The highest BCUT2D eigenvalue weighted by Crippen LogP contribution is 2.37. The van der Waals surface area contributed by atoms with Gasteiger partial charge in [0.1, 0.15) is 17.3 Å². The molecule has 0 saturated carbocycles. The average molecular weight is 570 g/mol. The zero-order valence-corrected chi connectivity index (χ0v) is 22.8. The highest BCUT2D eigenvalue weighted by molar-refractivity contribution is 5.88. The van der Waals surface area contributed by atoms with E-state index in [1.54, 1.807) is 36.4 Å². The summed E-state index contributed by atoms with van der Waals surface area (Å²) in [6.45, 7) is 2.32. The molecule has 0 amide bonds. The number of nitrogens with zero attached hydrogens (tertiary/aromatic N) is 5. The van der Waals surface area contributed by atoms with E-state index in [9.17, 15) is 15.2 Å². The topological polar surface area (TPSA) is 132 Å². The van der Waals surface area contributed by atoms with E-state index < -0.39 is 5.97 Å². The third-order valence-electron chi connectivity index (χ3n) is 6.46. The Morgan fingerprint density at radius 3 is 2.30 bits per heavy atom. The summed E-state index contributed by atoms with van der Waals surface area (Å²) < 4.78 is 20.2. The first-order valence-corrected chi connectivity index (χ1v) is 13.2. The van der Waals surface area contributed by atoms with Gasteiger partial charge in [-0.15, -0.1) is 0 Å². The number of nitriles is 1. The summed E-state index contributed by atoms with van der Waals surface area (Å²) in [7, 11) is 0. The van der Waals surface area contributed by atoms with Gasteiger partial charge < -0.3 is 23.9 Å². The van der Waals surface area contributed by atoms with Crippen molar-refractivity contribution in [1.82, 2.24) is 19.5 Å². The minimum absolute atomic E-state index is 0.0566. The van der Waals surface area contributed by atoms with Gasteiger partial charge in [0.15, 0.2) is 22.7 Å². The molecule has 4 aromatic carbocycles. The number of para-hydroxylation sites is 1. The lowest BCUT2D eigenvalue weighted by molar-refractivity contribution is 0.0696. The molecule has 210 valence electrons. The number of carbonyl (C=O) groups is 1. The quantitative estimate of drug-likeness (QED) is 0.193. The molecule has 0 unspecified atom stereocenters. The average Bonchev–Trinajstić information content (AvgIpc) is 3.34. The molecule has 10 nitrogen and oxygen atoms in total. The molecule has 10 heteroatoms. The molecule has 0 aliphatic carbocycles. The molecule has 2 aromatic heterocycles. The number of rotatable bonds is 9. The second-order valence-electron chi connectivity index (χ2n) is 9.44. The van der Waals surface area contributed by atoms with E-state index in [1.807, 2.05) is 60.0 Å². The van der Waals surface area contributed by atoms with Crippen LogP contribution in [0.5, 0.6) is 34.9 Å². The SMILES string of the molecule is Cc1nc2c(Oc3cccc(C(=O)O)c3)nc(Oc3cc(C#N)ccc3Oc3ccccc3)nc2n1Cc1ccccc1. The highest BCUT2D eigenvalue weighted by Gasteiger charge is 2.21. The molecule has 0 atom stereocenters. The van der Waals surface area contributed by atoms with Crippen LogP contribution in [0, 0.1) is 18.3 Å². The number of aryl methyl sites for hydroxylation is 1. The van der Waals surface area contributed by atoms with Crippen LogP contribution in [0.15, 0.2) is 103 Å². The molecule has 43 heavy (non-hydrogen) atoms. The Hall–Kier alpha value is -6.21. The van der Waals surface area contributed by atoms with Gasteiger partial charge in [-0.05, 0) is 55.0 Å². The number of carboxylic acid groups (broad SMARTS) is 1. The van der Waals surface area contributed by atoms with Crippen molar-refractivity contribution >= 4 is 17.1 Å². The number of aromatic nitrogens is 4. The first kappa shape index (κ1) is 27.0. The van der Waals surface area contributed by atoms with Gasteiger partial charge in [-0.1, -0.05) is 54.6 Å². The maximum absolute atomic E-state index is 11.6. The van der Waals surface area contributed by atoms with Gasteiger partial charge in [0, 0.05) is 6.07 Å². The Bertz CT molecular complexity index is 1990. The molecular weight excluding hydrogens is 546 g/mol. The predicted octanol–water partition coefficient (Wildman–Crippen LogP) is 7.13. The fourth-order valence-corrected chi connectivity index (χ4v) is 4.40. The van der Waals surface area contributed by atoms with E-state index in [-0.39, 0.29) is 29.0 Å². The Morgan fingerprint density at radius 2 is 1.56 bits per heavy atom. The van der Waals surface area contributed by atoms with Crippen molar-refractivity contribution in [2.75, 3.05) is 0 Å². The second kappa shape index (κ2) is 11.7. The molecular formula is C33H23N5O5. The molecule has 1 N–H and O–H groups in total. The van der Waals surface area contributed by atoms with Crippen molar-refractivity contribution < 1.29 is 24.1 Å².